The van der Waals surface area contributed by atoms with Crippen molar-refractivity contribution in [3.8, 4) is 5.75 Å². The standard InChI is InChI=1S/C19H30N2O2/c1-15-8-4-5-9-17(15)21-14-19(23)18(22)12-16(21)13-20-10-6-2-3-7-11-20/h12,14-15,17,23H,2-11,13H2,1H3. The second-order valence-corrected chi connectivity index (χ2v) is 7.44. The molecular formula is C19H30N2O2. The molecule has 2 fully saturated rings. The van der Waals surface area contributed by atoms with Crippen LogP contribution in [0.1, 0.15) is 70.0 Å². The van der Waals surface area contributed by atoms with Crippen molar-refractivity contribution in [3.63, 3.8) is 0 Å². The van der Waals surface area contributed by atoms with Crippen LogP contribution in [-0.2, 0) is 6.54 Å². The molecule has 2 atom stereocenters. The van der Waals surface area contributed by atoms with E-state index in [9.17, 15) is 9.90 Å². The first kappa shape index (κ1) is 16.6. The van der Waals surface area contributed by atoms with Crippen LogP contribution in [0.4, 0.5) is 0 Å². The minimum atomic E-state index is -0.241. The molecule has 1 aliphatic heterocycles. The Labute approximate surface area is 139 Å². The van der Waals surface area contributed by atoms with Gasteiger partial charge in [0.1, 0.15) is 0 Å². The number of aromatic hydroxyl groups is 1. The Morgan fingerprint density at radius 1 is 1.09 bits per heavy atom. The van der Waals surface area contributed by atoms with E-state index in [0.29, 0.717) is 12.0 Å². The third-order valence-electron chi connectivity index (χ3n) is 5.65. The van der Waals surface area contributed by atoms with Gasteiger partial charge in [-0.15, -0.1) is 0 Å². The van der Waals surface area contributed by atoms with Crippen molar-refractivity contribution in [2.45, 2.75) is 70.9 Å². The van der Waals surface area contributed by atoms with Gasteiger partial charge in [0, 0.05) is 24.3 Å². The Morgan fingerprint density at radius 3 is 2.48 bits per heavy atom. The molecule has 128 valence electrons. The zero-order chi connectivity index (χ0) is 16.2. The lowest BCUT2D eigenvalue weighted by Crippen LogP contribution is -2.30. The van der Waals surface area contributed by atoms with Crippen LogP contribution in [0.5, 0.6) is 5.75 Å². The quantitative estimate of drug-likeness (QED) is 0.924. The fourth-order valence-electron chi connectivity index (χ4n) is 4.25. The summed E-state index contributed by atoms with van der Waals surface area (Å²) in [5.41, 5.74) is 0.836. The fourth-order valence-corrected chi connectivity index (χ4v) is 4.25. The van der Waals surface area contributed by atoms with Gasteiger partial charge in [-0.3, -0.25) is 9.69 Å². The monoisotopic (exact) mass is 318 g/mol. The molecule has 0 radical (unpaired) electrons. The molecule has 4 heteroatoms. The number of nitrogens with zero attached hydrogens (tertiary/aromatic N) is 2. The maximum absolute atomic E-state index is 12.0. The Morgan fingerprint density at radius 2 is 1.78 bits per heavy atom. The summed E-state index contributed by atoms with van der Waals surface area (Å²) in [4.78, 5) is 14.5. The minimum Gasteiger partial charge on any atom is -0.503 e. The van der Waals surface area contributed by atoms with Crippen LogP contribution in [0, 0.1) is 5.92 Å². The molecule has 0 spiro atoms. The molecule has 4 nitrogen and oxygen atoms in total. The first-order valence-corrected chi connectivity index (χ1v) is 9.31. The summed E-state index contributed by atoms with van der Waals surface area (Å²) in [6.07, 6.45) is 11.8. The molecule has 1 saturated heterocycles. The molecule has 1 aromatic rings. The van der Waals surface area contributed by atoms with Gasteiger partial charge in [-0.2, -0.15) is 0 Å². The number of pyridine rings is 1. The molecule has 23 heavy (non-hydrogen) atoms. The van der Waals surface area contributed by atoms with Crippen LogP contribution in [0.3, 0.4) is 0 Å². The maximum atomic E-state index is 12.0. The molecule has 1 N–H and O–H groups in total. The smallest absolute Gasteiger partial charge is 0.223 e. The molecule has 3 rings (SSSR count). The zero-order valence-electron chi connectivity index (χ0n) is 14.3. The highest BCUT2D eigenvalue weighted by molar-refractivity contribution is 5.21. The van der Waals surface area contributed by atoms with Crippen LogP contribution in [-0.4, -0.2) is 27.7 Å². The van der Waals surface area contributed by atoms with Crippen LogP contribution in [0.15, 0.2) is 17.1 Å². The summed E-state index contributed by atoms with van der Waals surface area (Å²) in [5, 5.41) is 9.95. The van der Waals surface area contributed by atoms with Gasteiger partial charge in [0.15, 0.2) is 5.75 Å². The van der Waals surface area contributed by atoms with Crippen molar-refractivity contribution in [1.82, 2.24) is 9.47 Å². The average molecular weight is 318 g/mol. The molecule has 0 aromatic carbocycles. The van der Waals surface area contributed by atoms with E-state index in [2.05, 4.69) is 16.4 Å². The van der Waals surface area contributed by atoms with Crippen molar-refractivity contribution in [2.24, 2.45) is 5.92 Å². The molecule has 1 saturated carbocycles. The summed E-state index contributed by atoms with van der Waals surface area (Å²) < 4.78 is 2.21. The first-order valence-electron chi connectivity index (χ1n) is 9.31. The number of hydrogen-bond acceptors (Lipinski definition) is 3. The number of rotatable bonds is 3. The molecule has 1 aliphatic carbocycles. The van der Waals surface area contributed by atoms with Gasteiger partial charge < -0.3 is 9.67 Å². The maximum Gasteiger partial charge on any atom is 0.223 e. The Balaban J connectivity index is 1.87. The van der Waals surface area contributed by atoms with Gasteiger partial charge in [0.25, 0.3) is 0 Å². The van der Waals surface area contributed by atoms with Gasteiger partial charge in [0.05, 0.1) is 6.20 Å². The molecule has 0 amide bonds. The molecule has 1 aromatic heterocycles. The largest absolute Gasteiger partial charge is 0.503 e. The van der Waals surface area contributed by atoms with Crippen molar-refractivity contribution in [3.05, 3.63) is 28.2 Å². The van der Waals surface area contributed by atoms with Crippen molar-refractivity contribution >= 4 is 0 Å². The summed E-state index contributed by atoms with van der Waals surface area (Å²) in [7, 11) is 0. The van der Waals surface area contributed by atoms with Crippen LogP contribution >= 0.6 is 0 Å². The zero-order valence-corrected chi connectivity index (χ0v) is 14.3. The highest BCUT2D eigenvalue weighted by Crippen LogP contribution is 2.35. The van der Waals surface area contributed by atoms with E-state index in [4.69, 9.17) is 0 Å². The second-order valence-electron chi connectivity index (χ2n) is 7.44. The topological polar surface area (TPSA) is 45.5 Å². The molecule has 2 aliphatic rings. The van der Waals surface area contributed by atoms with Gasteiger partial charge in [-0.25, -0.2) is 0 Å². The minimum absolute atomic E-state index is 0.109. The van der Waals surface area contributed by atoms with Crippen LogP contribution in [0.2, 0.25) is 0 Å². The van der Waals surface area contributed by atoms with Gasteiger partial charge in [-0.1, -0.05) is 32.6 Å². The molecular weight excluding hydrogens is 288 g/mol. The predicted octanol–water partition coefficient (Wildman–Crippen LogP) is 3.68. The van der Waals surface area contributed by atoms with Gasteiger partial charge in [0.2, 0.25) is 5.43 Å². The van der Waals surface area contributed by atoms with E-state index in [-0.39, 0.29) is 11.2 Å². The number of hydrogen-bond donors (Lipinski definition) is 1. The van der Waals surface area contributed by atoms with E-state index >= 15 is 0 Å². The van der Waals surface area contributed by atoms with Crippen molar-refractivity contribution < 1.29 is 5.11 Å². The second kappa shape index (κ2) is 7.52. The van der Waals surface area contributed by atoms with Crippen molar-refractivity contribution in [1.29, 1.82) is 0 Å². The average Bonchev–Trinajstić information content (AvgIpc) is 2.80. The van der Waals surface area contributed by atoms with E-state index in [0.717, 1.165) is 31.7 Å². The molecule has 2 unspecified atom stereocenters. The normalized spacial score (nSPS) is 26.8. The third kappa shape index (κ3) is 3.97. The third-order valence-corrected chi connectivity index (χ3v) is 5.65. The molecule has 2 heterocycles. The highest BCUT2D eigenvalue weighted by atomic mass is 16.3. The number of aromatic nitrogens is 1. The summed E-state index contributed by atoms with van der Waals surface area (Å²) in [5.74, 6) is 0.496. The van der Waals surface area contributed by atoms with Gasteiger partial charge >= 0.3 is 0 Å². The van der Waals surface area contributed by atoms with E-state index in [1.807, 2.05) is 0 Å². The lowest BCUT2D eigenvalue weighted by molar-refractivity contribution is 0.227. The van der Waals surface area contributed by atoms with E-state index in [1.165, 1.54) is 44.9 Å². The van der Waals surface area contributed by atoms with Crippen LogP contribution < -0.4 is 5.43 Å². The van der Waals surface area contributed by atoms with Crippen LogP contribution in [0.25, 0.3) is 0 Å². The summed E-state index contributed by atoms with van der Waals surface area (Å²) in [6, 6.07) is 2.08. The summed E-state index contributed by atoms with van der Waals surface area (Å²) in [6.45, 7) is 5.37. The number of likely N-dealkylation sites (tertiary alicyclic amines) is 1. The Bertz CT molecular complexity index is 573. The first-order chi connectivity index (χ1) is 11.1. The Hall–Kier alpha value is -1.29. The fraction of sp³-hybridized carbons (Fsp3) is 0.737. The van der Waals surface area contributed by atoms with Gasteiger partial charge in [-0.05, 0) is 44.7 Å². The SMILES string of the molecule is CC1CCCCC1n1cc(O)c(=O)cc1CN1CCCCCC1. The lowest BCUT2D eigenvalue weighted by Gasteiger charge is -2.34. The lowest BCUT2D eigenvalue weighted by atomic mass is 9.85. The van der Waals surface area contributed by atoms with Crippen molar-refractivity contribution in [2.75, 3.05) is 13.1 Å². The Kier molecular flexibility index (Phi) is 5.42. The highest BCUT2D eigenvalue weighted by Gasteiger charge is 2.25. The van der Waals surface area contributed by atoms with E-state index in [1.54, 1.807) is 12.3 Å². The van der Waals surface area contributed by atoms with E-state index < -0.39 is 0 Å². The predicted molar refractivity (Wildman–Crippen MR) is 92.8 cm³/mol. The summed E-state index contributed by atoms with van der Waals surface area (Å²) >= 11 is 0. The molecule has 0 bridgehead atoms.